The van der Waals surface area contributed by atoms with Gasteiger partial charge in [-0.1, -0.05) is 12.1 Å². The van der Waals surface area contributed by atoms with Gasteiger partial charge in [-0.25, -0.2) is 4.68 Å². The van der Waals surface area contributed by atoms with Gasteiger partial charge in [0, 0.05) is 13.1 Å². The molecule has 0 fully saturated rings. The zero-order valence-corrected chi connectivity index (χ0v) is 9.14. The molecule has 0 aliphatic carbocycles. The molecule has 5 heteroatoms. The molecule has 0 aliphatic rings. The van der Waals surface area contributed by atoms with E-state index in [9.17, 15) is 0 Å². The Balaban J connectivity index is 2.68. The minimum atomic E-state index is -0.00782. The molecule has 0 spiro atoms. The van der Waals surface area contributed by atoms with E-state index < -0.39 is 0 Å². The smallest absolute Gasteiger partial charge is 0.0767 e. The van der Waals surface area contributed by atoms with Gasteiger partial charge in [0.05, 0.1) is 17.9 Å². The lowest BCUT2D eigenvalue weighted by molar-refractivity contribution is 0.364. The topological polar surface area (TPSA) is 60.0 Å². The summed E-state index contributed by atoms with van der Waals surface area (Å²) in [5.74, 6) is 0. The SMILES string of the molecule is CCCn1nncc1C(N)CN(C)C. The maximum Gasteiger partial charge on any atom is 0.0767 e. The molecule has 1 atom stereocenters. The van der Waals surface area contributed by atoms with E-state index in [0.29, 0.717) is 0 Å². The minimum Gasteiger partial charge on any atom is -0.322 e. The third kappa shape index (κ3) is 2.78. The van der Waals surface area contributed by atoms with Crippen LogP contribution in [0, 0.1) is 0 Å². The summed E-state index contributed by atoms with van der Waals surface area (Å²) in [5, 5.41) is 7.89. The van der Waals surface area contributed by atoms with Gasteiger partial charge >= 0.3 is 0 Å². The molecule has 0 aromatic carbocycles. The summed E-state index contributed by atoms with van der Waals surface area (Å²) < 4.78 is 1.88. The van der Waals surface area contributed by atoms with Crippen LogP contribution in [0.3, 0.4) is 0 Å². The van der Waals surface area contributed by atoms with Gasteiger partial charge in [0.15, 0.2) is 0 Å². The monoisotopic (exact) mass is 197 g/mol. The molecule has 1 heterocycles. The molecule has 1 unspecified atom stereocenters. The van der Waals surface area contributed by atoms with E-state index in [0.717, 1.165) is 25.2 Å². The first-order valence-corrected chi connectivity index (χ1v) is 4.93. The third-order valence-corrected chi connectivity index (χ3v) is 2.02. The van der Waals surface area contributed by atoms with Gasteiger partial charge in [0.1, 0.15) is 0 Å². The van der Waals surface area contributed by atoms with Crippen molar-refractivity contribution in [2.75, 3.05) is 20.6 Å². The van der Waals surface area contributed by atoms with Crippen molar-refractivity contribution >= 4 is 0 Å². The summed E-state index contributed by atoms with van der Waals surface area (Å²) in [6.45, 7) is 3.82. The van der Waals surface area contributed by atoms with Crippen molar-refractivity contribution in [2.45, 2.75) is 25.9 Å². The number of nitrogens with zero attached hydrogens (tertiary/aromatic N) is 4. The van der Waals surface area contributed by atoms with Crippen LogP contribution in [-0.4, -0.2) is 40.5 Å². The van der Waals surface area contributed by atoms with Crippen LogP contribution in [0.25, 0.3) is 0 Å². The number of hydrogen-bond donors (Lipinski definition) is 1. The highest BCUT2D eigenvalue weighted by Gasteiger charge is 2.12. The molecule has 1 aromatic rings. The standard InChI is InChI=1S/C9H19N5/c1-4-5-14-9(6-11-12-14)8(10)7-13(2)3/h6,8H,4-5,7,10H2,1-3H3. The molecule has 0 saturated heterocycles. The Morgan fingerprint density at radius 3 is 2.86 bits per heavy atom. The summed E-state index contributed by atoms with van der Waals surface area (Å²) in [4.78, 5) is 2.06. The van der Waals surface area contributed by atoms with Crippen LogP contribution in [0.15, 0.2) is 6.20 Å². The summed E-state index contributed by atoms with van der Waals surface area (Å²) in [7, 11) is 4.02. The predicted molar refractivity (Wildman–Crippen MR) is 55.8 cm³/mol. The molecule has 0 amide bonds. The van der Waals surface area contributed by atoms with E-state index in [1.165, 1.54) is 0 Å². The second-order valence-electron chi connectivity index (χ2n) is 3.75. The Hall–Kier alpha value is -0.940. The highest BCUT2D eigenvalue weighted by atomic mass is 15.4. The Morgan fingerprint density at radius 1 is 1.57 bits per heavy atom. The van der Waals surface area contributed by atoms with Crippen molar-refractivity contribution in [3.8, 4) is 0 Å². The van der Waals surface area contributed by atoms with Crippen molar-refractivity contribution in [3.05, 3.63) is 11.9 Å². The van der Waals surface area contributed by atoms with Crippen LogP contribution in [0.1, 0.15) is 25.1 Å². The fourth-order valence-electron chi connectivity index (χ4n) is 1.43. The molecule has 5 nitrogen and oxygen atoms in total. The van der Waals surface area contributed by atoms with Gasteiger partial charge in [-0.2, -0.15) is 0 Å². The fraction of sp³-hybridized carbons (Fsp3) is 0.778. The van der Waals surface area contributed by atoms with Crippen molar-refractivity contribution in [1.82, 2.24) is 19.9 Å². The van der Waals surface area contributed by atoms with Crippen LogP contribution >= 0.6 is 0 Å². The second kappa shape index (κ2) is 5.07. The minimum absolute atomic E-state index is 0.00782. The molecule has 2 N–H and O–H groups in total. The van der Waals surface area contributed by atoms with Gasteiger partial charge in [0.25, 0.3) is 0 Å². The lowest BCUT2D eigenvalue weighted by Gasteiger charge is -2.17. The number of aryl methyl sites for hydroxylation is 1. The van der Waals surface area contributed by atoms with Crippen molar-refractivity contribution in [2.24, 2.45) is 5.73 Å². The zero-order chi connectivity index (χ0) is 10.6. The lowest BCUT2D eigenvalue weighted by Crippen LogP contribution is -2.28. The lowest BCUT2D eigenvalue weighted by atomic mass is 10.2. The average molecular weight is 197 g/mol. The first-order chi connectivity index (χ1) is 6.65. The molecule has 1 aromatic heterocycles. The summed E-state index contributed by atoms with van der Waals surface area (Å²) in [6.07, 6.45) is 2.80. The van der Waals surface area contributed by atoms with Crippen LogP contribution in [-0.2, 0) is 6.54 Å². The molecule has 1 rings (SSSR count). The Bertz CT molecular complexity index is 268. The van der Waals surface area contributed by atoms with Gasteiger partial charge in [-0.3, -0.25) is 0 Å². The van der Waals surface area contributed by atoms with E-state index in [1.54, 1.807) is 6.20 Å². The number of hydrogen-bond acceptors (Lipinski definition) is 4. The number of likely N-dealkylation sites (N-methyl/N-ethyl adjacent to an activating group) is 1. The highest BCUT2D eigenvalue weighted by molar-refractivity contribution is 5.01. The van der Waals surface area contributed by atoms with E-state index in [2.05, 4.69) is 22.1 Å². The Morgan fingerprint density at radius 2 is 2.29 bits per heavy atom. The highest BCUT2D eigenvalue weighted by Crippen LogP contribution is 2.09. The first-order valence-electron chi connectivity index (χ1n) is 4.93. The van der Waals surface area contributed by atoms with E-state index in [1.807, 2.05) is 18.8 Å². The second-order valence-corrected chi connectivity index (χ2v) is 3.75. The molecule has 0 radical (unpaired) electrons. The summed E-state index contributed by atoms with van der Waals surface area (Å²) >= 11 is 0. The molecule has 0 saturated carbocycles. The van der Waals surface area contributed by atoms with Gasteiger partial charge < -0.3 is 10.6 Å². The van der Waals surface area contributed by atoms with E-state index >= 15 is 0 Å². The molecular weight excluding hydrogens is 178 g/mol. The Kier molecular flexibility index (Phi) is 4.03. The molecule has 14 heavy (non-hydrogen) atoms. The van der Waals surface area contributed by atoms with E-state index in [-0.39, 0.29) is 6.04 Å². The summed E-state index contributed by atoms with van der Waals surface area (Å²) in [6, 6.07) is -0.00782. The van der Waals surface area contributed by atoms with E-state index in [4.69, 9.17) is 5.73 Å². The van der Waals surface area contributed by atoms with Crippen LogP contribution in [0.4, 0.5) is 0 Å². The Labute approximate surface area is 84.9 Å². The molecule has 0 bridgehead atoms. The van der Waals surface area contributed by atoms with Gasteiger partial charge in [-0.15, -0.1) is 5.10 Å². The molecule has 80 valence electrons. The fourth-order valence-corrected chi connectivity index (χ4v) is 1.43. The number of aromatic nitrogens is 3. The summed E-state index contributed by atoms with van der Waals surface area (Å²) in [5.41, 5.74) is 7.04. The van der Waals surface area contributed by atoms with Crippen molar-refractivity contribution < 1.29 is 0 Å². The van der Waals surface area contributed by atoms with Crippen LogP contribution in [0.2, 0.25) is 0 Å². The molecular formula is C9H19N5. The van der Waals surface area contributed by atoms with Crippen molar-refractivity contribution in [1.29, 1.82) is 0 Å². The largest absolute Gasteiger partial charge is 0.322 e. The van der Waals surface area contributed by atoms with Gasteiger partial charge in [-0.05, 0) is 20.5 Å². The van der Waals surface area contributed by atoms with Crippen molar-refractivity contribution in [3.63, 3.8) is 0 Å². The number of rotatable bonds is 5. The maximum atomic E-state index is 6.03. The normalized spacial score (nSPS) is 13.5. The quantitative estimate of drug-likeness (QED) is 0.735. The third-order valence-electron chi connectivity index (χ3n) is 2.02. The maximum absolute atomic E-state index is 6.03. The average Bonchev–Trinajstić information content (AvgIpc) is 2.51. The predicted octanol–water partition coefficient (Wildman–Crippen LogP) is 0.250. The zero-order valence-electron chi connectivity index (χ0n) is 9.14. The number of nitrogens with two attached hydrogens (primary N) is 1. The van der Waals surface area contributed by atoms with Gasteiger partial charge in [0.2, 0.25) is 0 Å². The van der Waals surface area contributed by atoms with Crippen LogP contribution in [0.5, 0.6) is 0 Å². The van der Waals surface area contributed by atoms with Crippen LogP contribution < -0.4 is 5.73 Å². The first kappa shape index (κ1) is 11.1. The molecule has 0 aliphatic heterocycles.